The standard InChI is InChI=1S/C13H11BrN2O3/c14-12-7-6-11(19-12)8-15-16-13(17)9-18-10-4-2-1-3-5-10/h1-8H,9H2,(H,16,17)/b15-8-. The Labute approximate surface area is 118 Å². The zero-order chi connectivity index (χ0) is 13.5. The minimum absolute atomic E-state index is 0.0940. The van der Waals surface area contributed by atoms with Crippen molar-refractivity contribution in [2.24, 2.45) is 5.10 Å². The minimum atomic E-state index is -0.342. The third kappa shape index (κ3) is 4.59. The Bertz CT molecular complexity index is 566. The summed E-state index contributed by atoms with van der Waals surface area (Å²) in [7, 11) is 0. The van der Waals surface area contributed by atoms with E-state index >= 15 is 0 Å². The Morgan fingerprint density at radius 1 is 1.32 bits per heavy atom. The molecule has 0 saturated heterocycles. The number of hydrogen-bond donors (Lipinski definition) is 1. The van der Waals surface area contributed by atoms with Gasteiger partial charge in [-0.15, -0.1) is 0 Å². The molecular weight excluding hydrogens is 312 g/mol. The predicted molar refractivity (Wildman–Crippen MR) is 74.1 cm³/mol. The van der Waals surface area contributed by atoms with Crippen LogP contribution in [0, 0.1) is 0 Å². The average molecular weight is 323 g/mol. The highest BCUT2D eigenvalue weighted by Crippen LogP contribution is 2.12. The lowest BCUT2D eigenvalue weighted by Gasteiger charge is -2.03. The quantitative estimate of drug-likeness (QED) is 0.679. The molecule has 0 atom stereocenters. The lowest BCUT2D eigenvalue weighted by atomic mass is 10.3. The first-order valence-electron chi connectivity index (χ1n) is 5.49. The van der Waals surface area contributed by atoms with Gasteiger partial charge in [0.2, 0.25) is 0 Å². The maximum atomic E-state index is 11.4. The fourth-order valence-electron chi connectivity index (χ4n) is 1.26. The van der Waals surface area contributed by atoms with Gasteiger partial charge in [-0.25, -0.2) is 5.43 Å². The first-order valence-corrected chi connectivity index (χ1v) is 6.28. The van der Waals surface area contributed by atoms with E-state index in [1.54, 1.807) is 24.3 Å². The summed E-state index contributed by atoms with van der Waals surface area (Å²) in [6.45, 7) is -0.0940. The van der Waals surface area contributed by atoms with Crippen molar-refractivity contribution < 1.29 is 13.9 Å². The molecule has 2 aromatic rings. The molecule has 1 amide bonds. The highest BCUT2D eigenvalue weighted by atomic mass is 79.9. The lowest BCUT2D eigenvalue weighted by Crippen LogP contribution is -2.24. The number of carbonyl (C=O) groups is 1. The van der Waals surface area contributed by atoms with Crippen LogP contribution in [0.1, 0.15) is 5.76 Å². The SMILES string of the molecule is O=C(COc1ccccc1)N/N=C\c1ccc(Br)o1. The number of carbonyl (C=O) groups excluding carboxylic acids is 1. The van der Waals surface area contributed by atoms with Crippen LogP contribution >= 0.6 is 15.9 Å². The number of para-hydroxylation sites is 1. The molecule has 0 saturated carbocycles. The van der Waals surface area contributed by atoms with Crippen LogP contribution in [0.25, 0.3) is 0 Å². The second kappa shape index (κ2) is 6.75. The van der Waals surface area contributed by atoms with Crippen LogP contribution in [0.4, 0.5) is 0 Å². The summed E-state index contributed by atoms with van der Waals surface area (Å²) >= 11 is 3.17. The second-order valence-corrected chi connectivity index (χ2v) is 4.32. The summed E-state index contributed by atoms with van der Waals surface area (Å²) in [5.41, 5.74) is 2.34. The summed E-state index contributed by atoms with van der Waals surface area (Å²) in [5.74, 6) is 0.832. The molecule has 0 aliphatic rings. The van der Waals surface area contributed by atoms with E-state index in [0.29, 0.717) is 16.2 Å². The molecule has 1 aromatic heterocycles. The maximum absolute atomic E-state index is 11.4. The maximum Gasteiger partial charge on any atom is 0.277 e. The van der Waals surface area contributed by atoms with Gasteiger partial charge in [-0.1, -0.05) is 18.2 Å². The van der Waals surface area contributed by atoms with Gasteiger partial charge in [0.1, 0.15) is 11.5 Å². The number of rotatable bonds is 5. The summed E-state index contributed by atoms with van der Waals surface area (Å²) in [5, 5.41) is 3.75. The van der Waals surface area contributed by atoms with Crippen molar-refractivity contribution in [3.05, 3.63) is 52.9 Å². The largest absolute Gasteiger partial charge is 0.484 e. The van der Waals surface area contributed by atoms with Gasteiger partial charge in [0.15, 0.2) is 11.3 Å². The number of halogens is 1. The van der Waals surface area contributed by atoms with Crippen molar-refractivity contribution >= 4 is 28.1 Å². The van der Waals surface area contributed by atoms with E-state index in [-0.39, 0.29) is 12.5 Å². The van der Waals surface area contributed by atoms with Crippen LogP contribution in [0.5, 0.6) is 5.75 Å². The van der Waals surface area contributed by atoms with Crippen LogP contribution in [0.15, 0.2) is 56.7 Å². The highest BCUT2D eigenvalue weighted by molar-refractivity contribution is 9.10. The molecule has 6 heteroatoms. The van der Waals surface area contributed by atoms with Gasteiger partial charge in [-0.2, -0.15) is 5.10 Å². The molecular formula is C13H11BrN2O3. The van der Waals surface area contributed by atoms with E-state index in [1.807, 2.05) is 18.2 Å². The number of nitrogens with zero attached hydrogens (tertiary/aromatic N) is 1. The third-order valence-electron chi connectivity index (χ3n) is 2.09. The first kappa shape index (κ1) is 13.4. The van der Waals surface area contributed by atoms with E-state index in [2.05, 4.69) is 26.5 Å². The first-order chi connectivity index (χ1) is 9.24. The van der Waals surface area contributed by atoms with Crippen LogP contribution in [0.3, 0.4) is 0 Å². The van der Waals surface area contributed by atoms with E-state index in [1.165, 1.54) is 6.21 Å². The van der Waals surface area contributed by atoms with Gasteiger partial charge in [0, 0.05) is 0 Å². The molecule has 0 spiro atoms. The lowest BCUT2D eigenvalue weighted by molar-refractivity contribution is -0.123. The molecule has 0 unspecified atom stereocenters. The van der Waals surface area contributed by atoms with Gasteiger partial charge in [0.25, 0.3) is 5.91 Å². The van der Waals surface area contributed by atoms with Crippen molar-refractivity contribution in [3.63, 3.8) is 0 Å². The summed E-state index contributed by atoms with van der Waals surface area (Å²) in [4.78, 5) is 11.4. The molecule has 0 fully saturated rings. The second-order valence-electron chi connectivity index (χ2n) is 3.54. The minimum Gasteiger partial charge on any atom is -0.484 e. The predicted octanol–water partition coefficient (Wildman–Crippen LogP) is 2.57. The highest BCUT2D eigenvalue weighted by Gasteiger charge is 2.01. The van der Waals surface area contributed by atoms with Crippen molar-refractivity contribution in [2.75, 3.05) is 6.61 Å². The normalized spacial score (nSPS) is 10.6. The molecule has 0 aliphatic heterocycles. The zero-order valence-corrected chi connectivity index (χ0v) is 11.5. The van der Waals surface area contributed by atoms with Crippen LogP contribution in [0.2, 0.25) is 0 Å². The van der Waals surface area contributed by atoms with Crippen molar-refractivity contribution in [2.45, 2.75) is 0 Å². The van der Waals surface area contributed by atoms with Crippen molar-refractivity contribution in [1.82, 2.24) is 5.43 Å². The average Bonchev–Trinajstić information content (AvgIpc) is 2.83. The molecule has 2 rings (SSSR count). The Kier molecular flexibility index (Phi) is 4.74. The number of nitrogens with one attached hydrogen (secondary N) is 1. The van der Waals surface area contributed by atoms with Gasteiger partial charge >= 0.3 is 0 Å². The summed E-state index contributed by atoms with van der Waals surface area (Å²) in [6, 6.07) is 12.6. The zero-order valence-electron chi connectivity index (χ0n) is 9.88. The number of hydrazone groups is 1. The fraction of sp³-hybridized carbons (Fsp3) is 0.0769. The Morgan fingerprint density at radius 3 is 2.79 bits per heavy atom. The van der Waals surface area contributed by atoms with Gasteiger partial charge in [0.05, 0.1) is 6.21 Å². The van der Waals surface area contributed by atoms with Gasteiger partial charge in [-0.05, 0) is 40.2 Å². The monoisotopic (exact) mass is 322 g/mol. The Hall–Kier alpha value is -2.08. The Balaban J connectivity index is 1.74. The number of benzene rings is 1. The number of ether oxygens (including phenoxy) is 1. The van der Waals surface area contributed by atoms with E-state index in [0.717, 1.165) is 0 Å². The smallest absolute Gasteiger partial charge is 0.277 e. The molecule has 5 nitrogen and oxygen atoms in total. The van der Waals surface area contributed by atoms with Crippen molar-refractivity contribution in [3.8, 4) is 5.75 Å². The van der Waals surface area contributed by atoms with Gasteiger partial charge in [-0.3, -0.25) is 4.79 Å². The number of furan rings is 1. The molecule has 1 aromatic carbocycles. The van der Waals surface area contributed by atoms with E-state index in [9.17, 15) is 4.79 Å². The molecule has 0 bridgehead atoms. The Morgan fingerprint density at radius 2 is 2.11 bits per heavy atom. The van der Waals surface area contributed by atoms with Gasteiger partial charge < -0.3 is 9.15 Å². The topological polar surface area (TPSA) is 63.8 Å². The molecule has 0 radical (unpaired) electrons. The molecule has 1 heterocycles. The van der Waals surface area contributed by atoms with E-state index in [4.69, 9.17) is 9.15 Å². The summed E-state index contributed by atoms with van der Waals surface area (Å²) < 4.78 is 11.0. The molecule has 0 aliphatic carbocycles. The summed E-state index contributed by atoms with van der Waals surface area (Å²) in [6.07, 6.45) is 1.41. The van der Waals surface area contributed by atoms with Crippen LogP contribution in [-0.2, 0) is 4.79 Å². The number of hydrogen-bond acceptors (Lipinski definition) is 4. The molecule has 1 N–H and O–H groups in total. The third-order valence-corrected chi connectivity index (χ3v) is 2.51. The fourth-order valence-corrected chi connectivity index (χ4v) is 1.58. The molecule has 19 heavy (non-hydrogen) atoms. The van der Waals surface area contributed by atoms with Crippen LogP contribution in [-0.4, -0.2) is 18.7 Å². The van der Waals surface area contributed by atoms with Crippen molar-refractivity contribution in [1.29, 1.82) is 0 Å². The number of amides is 1. The van der Waals surface area contributed by atoms with Crippen LogP contribution < -0.4 is 10.2 Å². The van der Waals surface area contributed by atoms with E-state index < -0.39 is 0 Å². The molecule has 98 valence electrons.